The molecule has 0 aliphatic carbocycles. The Morgan fingerprint density at radius 3 is 2.33 bits per heavy atom. The van der Waals surface area contributed by atoms with E-state index in [9.17, 15) is 4.79 Å². The van der Waals surface area contributed by atoms with Gasteiger partial charge in [0.2, 0.25) is 0 Å². The van der Waals surface area contributed by atoms with Crippen LogP contribution in [0.3, 0.4) is 0 Å². The van der Waals surface area contributed by atoms with Crippen LogP contribution in [0.2, 0.25) is 19.1 Å². The Morgan fingerprint density at radius 2 is 1.89 bits per heavy atom. The number of hydrogen-bond acceptors (Lipinski definition) is 1. The summed E-state index contributed by atoms with van der Waals surface area (Å²) in [6, 6.07) is 8.79. The maximum absolute atomic E-state index is 10.4. The number of hydrogen-bond donors (Lipinski definition) is 0. The molecular weight excluding hydrogens is 453 g/mol. The van der Waals surface area contributed by atoms with Crippen LogP contribution >= 0.6 is 0 Å². The van der Waals surface area contributed by atoms with E-state index in [1.54, 1.807) is 0 Å². The van der Waals surface area contributed by atoms with Gasteiger partial charge in [0.25, 0.3) is 0 Å². The summed E-state index contributed by atoms with van der Waals surface area (Å²) in [5, 5.41) is 1.40. The molecule has 0 aromatic heterocycles. The Balaban J connectivity index is 0.00000289. The van der Waals surface area contributed by atoms with E-state index in [0.29, 0.717) is 12.7 Å². The van der Waals surface area contributed by atoms with Crippen LogP contribution in [-0.4, -0.2) is 20.4 Å². The molecule has 0 saturated carbocycles. The molecule has 0 amide bonds. The fraction of sp³-hybridized carbons (Fsp3) is 0.357. The molecule has 1 aromatic rings. The van der Waals surface area contributed by atoms with Gasteiger partial charge in [-0.25, -0.2) is 0 Å². The fourth-order valence-electron chi connectivity index (χ4n) is 1.87. The Hall–Kier alpha value is 0.248. The van der Waals surface area contributed by atoms with E-state index >= 15 is 0 Å². The number of allylic oxidation sites excluding steroid dienone is 1. The van der Waals surface area contributed by atoms with E-state index in [4.69, 9.17) is 5.73 Å². The number of nitrogens with one attached hydrogen (secondary N) is 1. The number of carbonyl (C=O) groups is 1. The van der Waals surface area contributed by atoms with Gasteiger partial charge in [-0.15, -0.1) is 6.58 Å². The topological polar surface area (TPSA) is 40.9 Å². The van der Waals surface area contributed by atoms with Crippen LogP contribution in [0.25, 0.3) is 5.73 Å². The van der Waals surface area contributed by atoms with Gasteiger partial charge < -0.3 is 10.5 Å². The quantitative estimate of drug-likeness (QED) is 0.356. The van der Waals surface area contributed by atoms with Crippen LogP contribution in [0.1, 0.15) is 5.56 Å². The van der Waals surface area contributed by atoms with Crippen molar-refractivity contribution < 1.29 is 48.9 Å². The minimum atomic E-state index is -1.39. The molecule has 1 N–H and O–H groups in total. The minimum Gasteiger partial charge on any atom is -0.668 e. The van der Waals surface area contributed by atoms with E-state index in [-0.39, 0.29) is 44.1 Å². The largest absolute Gasteiger partial charge is 0.668 e. The molecule has 0 heterocycles. The molecule has 0 bridgehead atoms. The third-order valence-corrected chi connectivity index (χ3v) is 6.22. The zero-order valence-corrected chi connectivity index (χ0v) is 16.9. The first kappa shape index (κ1) is 18.2. The molecule has 2 nitrogen and oxygen atoms in total. The zero-order valence-electron chi connectivity index (χ0n) is 11.1. The SMILES string of the molecule is C=CC[Si](C)(C)c1ccc(C[C@H]([NH-])C=O)cc1.[Ac]. The second-order valence-corrected chi connectivity index (χ2v) is 9.77. The van der Waals surface area contributed by atoms with E-state index < -0.39 is 14.1 Å². The van der Waals surface area contributed by atoms with Crippen molar-refractivity contribution in [2.45, 2.75) is 31.6 Å². The van der Waals surface area contributed by atoms with Crippen LogP contribution in [0, 0.1) is 44.1 Å². The molecule has 1 atom stereocenters. The monoisotopic (exact) mass is 473 g/mol. The van der Waals surface area contributed by atoms with Gasteiger partial charge in [-0.1, -0.05) is 54.7 Å². The Labute approximate surface area is 147 Å². The van der Waals surface area contributed by atoms with Crippen LogP contribution < -0.4 is 5.19 Å². The molecule has 18 heavy (non-hydrogen) atoms. The minimum absolute atomic E-state index is 0. The van der Waals surface area contributed by atoms with Crippen molar-refractivity contribution >= 4 is 19.5 Å². The van der Waals surface area contributed by atoms with Crippen LogP contribution in [0.15, 0.2) is 36.9 Å². The summed E-state index contributed by atoms with van der Waals surface area (Å²) in [5.41, 5.74) is 8.49. The summed E-state index contributed by atoms with van der Waals surface area (Å²) in [4.78, 5) is 10.4. The summed E-state index contributed by atoms with van der Waals surface area (Å²) in [6.45, 7) is 8.45. The fourth-order valence-corrected chi connectivity index (χ4v) is 3.90. The Morgan fingerprint density at radius 1 is 1.33 bits per heavy atom. The first-order chi connectivity index (χ1) is 7.99. The Bertz CT molecular complexity index is 389. The van der Waals surface area contributed by atoms with Crippen LogP contribution in [-0.2, 0) is 11.2 Å². The molecule has 0 aliphatic heterocycles. The summed E-state index contributed by atoms with van der Waals surface area (Å²) in [6.07, 6.45) is 3.18. The second kappa shape index (κ2) is 8.43. The molecule has 1 aromatic carbocycles. The van der Waals surface area contributed by atoms with Gasteiger partial charge in [0, 0.05) is 44.1 Å². The average molecular weight is 473 g/mol. The van der Waals surface area contributed by atoms with E-state index in [0.717, 1.165) is 11.6 Å². The zero-order chi connectivity index (χ0) is 12.9. The summed E-state index contributed by atoms with van der Waals surface area (Å²) in [5.74, 6) is 0. The smallest absolute Gasteiger partial charge is 0.102 e. The van der Waals surface area contributed by atoms with E-state index in [2.05, 4.69) is 31.8 Å². The number of benzene rings is 1. The molecule has 1 radical (unpaired) electrons. The van der Waals surface area contributed by atoms with E-state index in [1.165, 1.54) is 5.19 Å². The summed E-state index contributed by atoms with van der Waals surface area (Å²) in [7, 11) is -1.39. The summed E-state index contributed by atoms with van der Waals surface area (Å²) < 4.78 is 0. The van der Waals surface area contributed by atoms with Crippen molar-refractivity contribution in [3.8, 4) is 0 Å². The first-order valence-corrected chi connectivity index (χ1v) is 9.07. The van der Waals surface area contributed by atoms with Crippen LogP contribution in [0.5, 0.6) is 0 Å². The second-order valence-electron chi connectivity index (χ2n) is 5.02. The predicted octanol–water partition coefficient (Wildman–Crippen LogP) is 2.95. The molecule has 0 unspecified atom stereocenters. The van der Waals surface area contributed by atoms with Crippen molar-refractivity contribution in [3.63, 3.8) is 0 Å². The van der Waals surface area contributed by atoms with Crippen molar-refractivity contribution in [2.24, 2.45) is 0 Å². The van der Waals surface area contributed by atoms with Gasteiger partial charge in [0.05, 0.1) is 8.07 Å². The third-order valence-electron chi connectivity index (χ3n) is 3.01. The number of carbonyl (C=O) groups excluding carboxylic acids is 1. The molecule has 0 aliphatic rings. The van der Waals surface area contributed by atoms with Crippen molar-refractivity contribution in [1.82, 2.24) is 0 Å². The van der Waals surface area contributed by atoms with Gasteiger partial charge in [-0.3, -0.25) is 0 Å². The number of aldehydes is 1. The molecule has 0 saturated heterocycles. The van der Waals surface area contributed by atoms with Crippen molar-refractivity contribution in [2.75, 3.05) is 0 Å². The molecule has 0 fully saturated rings. The van der Waals surface area contributed by atoms with Crippen molar-refractivity contribution in [3.05, 3.63) is 48.2 Å². The summed E-state index contributed by atoms with van der Waals surface area (Å²) >= 11 is 0. The van der Waals surface area contributed by atoms with Gasteiger partial charge in [-0.2, -0.15) is 0 Å². The standard InChI is InChI=1S/C14H20NOSi.Ac/c1-4-9-17(2,3)14-7-5-12(6-8-14)10-13(15)11-16;/h4-8,11,13,15H,1,9-10H2,2-3H3;/q-1;/t13-;/m0./s1. The van der Waals surface area contributed by atoms with Gasteiger partial charge >= 0.3 is 0 Å². The maximum atomic E-state index is 10.4. The van der Waals surface area contributed by atoms with Gasteiger partial charge in [-0.05, 0) is 18.0 Å². The van der Waals surface area contributed by atoms with Crippen LogP contribution in [0.4, 0.5) is 0 Å². The van der Waals surface area contributed by atoms with Crippen molar-refractivity contribution in [1.29, 1.82) is 0 Å². The molecule has 4 heteroatoms. The molecular formula is C14H20AcNOSi-. The molecule has 0 spiro atoms. The van der Waals surface area contributed by atoms with E-state index in [1.807, 2.05) is 18.2 Å². The average Bonchev–Trinajstić information content (AvgIpc) is 2.29. The normalized spacial score (nSPS) is 12.4. The number of rotatable bonds is 6. The first-order valence-electron chi connectivity index (χ1n) is 5.86. The maximum Gasteiger partial charge on any atom is 0.102 e. The Kier molecular flexibility index (Phi) is 8.54. The molecule has 95 valence electrons. The van der Waals surface area contributed by atoms with Gasteiger partial charge in [0.15, 0.2) is 0 Å². The van der Waals surface area contributed by atoms with Gasteiger partial charge in [0.1, 0.15) is 6.29 Å². The third kappa shape index (κ3) is 5.48. The molecule has 1 rings (SSSR count). The predicted molar refractivity (Wildman–Crippen MR) is 76.4 cm³/mol.